The van der Waals surface area contributed by atoms with Crippen LogP contribution in [0.4, 0.5) is 0 Å². The Balaban J connectivity index is 1.99. The van der Waals surface area contributed by atoms with E-state index in [1.165, 1.54) is 37.8 Å². The molecule has 1 aliphatic carbocycles. The summed E-state index contributed by atoms with van der Waals surface area (Å²) in [7, 11) is 2.02. The number of nitrogens with zero attached hydrogens (tertiary/aromatic N) is 3. The lowest BCUT2D eigenvalue weighted by Crippen LogP contribution is -2.56. The van der Waals surface area contributed by atoms with Crippen molar-refractivity contribution in [3.63, 3.8) is 0 Å². The molecule has 1 fully saturated rings. The first kappa shape index (κ1) is 16.5. The van der Waals surface area contributed by atoms with Crippen LogP contribution in [-0.4, -0.2) is 39.9 Å². The maximum atomic E-state index is 6.22. The van der Waals surface area contributed by atoms with Crippen LogP contribution in [0.5, 0.6) is 0 Å². The lowest BCUT2D eigenvalue weighted by Gasteiger charge is -2.47. The Morgan fingerprint density at radius 3 is 2.57 bits per heavy atom. The highest BCUT2D eigenvalue weighted by Crippen LogP contribution is 2.37. The van der Waals surface area contributed by atoms with Gasteiger partial charge in [0.15, 0.2) is 0 Å². The zero-order valence-electron chi connectivity index (χ0n) is 14.0. The summed E-state index contributed by atoms with van der Waals surface area (Å²) >= 11 is 0. The average Bonchev–Trinajstić information content (AvgIpc) is 2.93. The fourth-order valence-corrected chi connectivity index (χ4v) is 3.90. The van der Waals surface area contributed by atoms with Crippen molar-refractivity contribution in [1.82, 2.24) is 14.7 Å². The Kier molecular flexibility index (Phi) is 5.82. The third-order valence-electron chi connectivity index (χ3n) is 5.61. The second kappa shape index (κ2) is 7.41. The van der Waals surface area contributed by atoms with E-state index in [2.05, 4.69) is 29.9 Å². The average molecular weight is 292 g/mol. The zero-order chi connectivity index (χ0) is 15.3. The highest BCUT2D eigenvalue weighted by molar-refractivity contribution is 5.02. The maximum absolute atomic E-state index is 6.22. The fraction of sp³-hybridized carbons (Fsp3) is 0.824. The Morgan fingerprint density at radius 1 is 1.38 bits per heavy atom. The second-order valence-corrected chi connectivity index (χ2v) is 6.56. The first-order chi connectivity index (χ1) is 10.1. The molecule has 0 unspecified atom stereocenters. The van der Waals surface area contributed by atoms with E-state index in [4.69, 9.17) is 5.73 Å². The molecule has 1 aromatic rings. The van der Waals surface area contributed by atoms with Crippen LogP contribution < -0.4 is 5.73 Å². The molecule has 0 radical (unpaired) electrons. The molecule has 0 spiro atoms. The van der Waals surface area contributed by atoms with Crippen LogP contribution in [0.2, 0.25) is 0 Å². The maximum Gasteiger partial charge on any atom is 0.0492 e. The standard InChI is InChI=1S/C17H32N4/c1-4-15-6-10-17(14-18,11-7-15)21(5-2)13-9-16-8-12-19-20(16)3/h8,12,15H,4-7,9-11,13-14,18H2,1-3H3. The zero-order valence-corrected chi connectivity index (χ0v) is 14.0. The van der Waals surface area contributed by atoms with Gasteiger partial charge in [-0.15, -0.1) is 0 Å². The van der Waals surface area contributed by atoms with Crippen molar-refractivity contribution < 1.29 is 0 Å². The van der Waals surface area contributed by atoms with Gasteiger partial charge >= 0.3 is 0 Å². The largest absolute Gasteiger partial charge is 0.329 e. The summed E-state index contributed by atoms with van der Waals surface area (Å²) in [4.78, 5) is 2.63. The van der Waals surface area contributed by atoms with Crippen molar-refractivity contribution in [3.8, 4) is 0 Å². The van der Waals surface area contributed by atoms with E-state index in [0.717, 1.165) is 32.0 Å². The molecule has 1 heterocycles. The molecule has 120 valence electrons. The van der Waals surface area contributed by atoms with Gasteiger partial charge in [-0.05, 0) is 44.2 Å². The first-order valence-corrected chi connectivity index (χ1v) is 8.57. The molecule has 1 aromatic heterocycles. The van der Waals surface area contributed by atoms with Crippen molar-refractivity contribution in [3.05, 3.63) is 18.0 Å². The molecule has 0 atom stereocenters. The highest BCUT2D eigenvalue weighted by atomic mass is 15.3. The van der Waals surface area contributed by atoms with Gasteiger partial charge in [-0.2, -0.15) is 5.10 Å². The molecule has 0 aromatic carbocycles. The van der Waals surface area contributed by atoms with E-state index in [9.17, 15) is 0 Å². The van der Waals surface area contributed by atoms with Gasteiger partial charge in [0.25, 0.3) is 0 Å². The lowest BCUT2D eigenvalue weighted by molar-refractivity contribution is 0.0463. The highest BCUT2D eigenvalue weighted by Gasteiger charge is 2.37. The van der Waals surface area contributed by atoms with E-state index in [1.54, 1.807) is 0 Å². The molecule has 0 aliphatic heterocycles. The summed E-state index contributed by atoms with van der Waals surface area (Å²) in [6, 6.07) is 2.12. The predicted molar refractivity (Wildman–Crippen MR) is 88.2 cm³/mol. The number of aromatic nitrogens is 2. The van der Waals surface area contributed by atoms with E-state index >= 15 is 0 Å². The van der Waals surface area contributed by atoms with Crippen LogP contribution >= 0.6 is 0 Å². The van der Waals surface area contributed by atoms with Gasteiger partial charge in [-0.1, -0.05) is 20.3 Å². The molecule has 21 heavy (non-hydrogen) atoms. The van der Waals surface area contributed by atoms with E-state index in [-0.39, 0.29) is 5.54 Å². The van der Waals surface area contributed by atoms with E-state index in [0.29, 0.717) is 0 Å². The molecule has 4 nitrogen and oxygen atoms in total. The van der Waals surface area contributed by atoms with Gasteiger partial charge in [0, 0.05) is 44.0 Å². The molecule has 2 N–H and O–H groups in total. The summed E-state index contributed by atoms with van der Waals surface area (Å²) in [5, 5.41) is 4.26. The van der Waals surface area contributed by atoms with Crippen LogP contribution in [0.25, 0.3) is 0 Å². The van der Waals surface area contributed by atoms with Crippen LogP contribution in [0.1, 0.15) is 51.6 Å². The minimum absolute atomic E-state index is 0.235. The molecule has 0 saturated heterocycles. The van der Waals surface area contributed by atoms with Crippen molar-refractivity contribution in [2.24, 2.45) is 18.7 Å². The quantitative estimate of drug-likeness (QED) is 0.840. The van der Waals surface area contributed by atoms with Crippen LogP contribution in [0.3, 0.4) is 0 Å². The minimum Gasteiger partial charge on any atom is -0.329 e. The third-order valence-corrected chi connectivity index (χ3v) is 5.61. The molecule has 0 bridgehead atoms. The molecule has 0 amide bonds. The normalized spacial score (nSPS) is 26.4. The lowest BCUT2D eigenvalue weighted by atomic mass is 9.74. The topological polar surface area (TPSA) is 47.1 Å². The number of aryl methyl sites for hydroxylation is 1. The SMILES string of the molecule is CCC1CCC(CN)(N(CC)CCc2ccnn2C)CC1. The summed E-state index contributed by atoms with van der Waals surface area (Å²) in [6.45, 7) is 7.56. The number of hydrogen-bond acceptors (Lipinski definition) is 3. The summed E-state index contributed by atoms with van der Waals surface area (Å²) < 4.78 is 1.98. The second-order valence-electron chi connectivity index (χ2n) is 6.56. The van der Waals surface area contributed by atoms with Crippen molar-refractivity contribution >= 4 is 0 Å². The third kappa shape index (κ3) is 3.67. The van der Waals surface area contributed by atoms with Gasteiger partial charge in [-0.3, -0.25) is 9.58 Å². The number of nitrogens with two attached hydrogens (primary N) is 1. The van der Waals surface area contributed by atoms with Gasteiger partial charge < -0.3 is 5.73 Å². The van der Waals surface area contributed by atoms with Crippen LogP contribution in [-0.2, 0) is 13.5 Å². The smallest absolute Gasteiger partial charge is 0.0492 e. The summed E-state index contributed by atoms with van der Waals surface area (Å²) in [5.74, 6) is 0.917. The Labute approximate surface area is 129 Å². The van der Waals surface area contributed by atoms with Gasteiger partial charge in [0.2, 0.25) is 0 Å². The monoisotopic (exact) mass is 292 g/mol. The fourth-order valence-electron chi connectivity index (χ4n) is 3.90. The molecule has 4 heteroatoms. The number of rotatable bonds is 7. The number of hydrogen-bond donors (Lipinski definition) is 1. The Morgan fingerprint density at radius 2 is 2.10 bits per heavy atom. The first-order valence-electron chi connectivity index (χ1n) is 8.57. The molecular weight excluding hydrogens is 260 g/mol. The van der Waals surface area contributed by atoms with Crippen LogP contribution in [0, 0.1) is 5.92 Å². The Hall–Kier alpha value is -0.870. The summed E-state index contributed by atoms with van der Waals surface area (Å²) in [5.41, 5.74) is 7.76. The molecule has 1 saturated carbocycles. The molecule has 2 rings (SSSR count). The summed E-state index contributed by atoms with van der Waals surface area (Å²) in [6.07, 6.45) is 9.48. The van der Waals surface area contributed by atoms with Crippen molar-refractivity contribution in [2.45, 2.75) is 57.9 Å². The van der Waals surface area contributed by atoms with E-state index in [1.807, 2.05) is 17.9 Å². The van der Waals surface area contributed by atoms with Crippen molar-refractivity contribution in [1.29, 1.82) is 0 Å². The van der Waals surface area contributed by atoms with E-state index < -0.39 is 0 Å². The minimum atomic E-state index is 0.235. The van der Waals surface area contributed by atoms with Crippen molar-refractivity contribution in [2.75, 3.05) is 19.6 Å². The Bertz CT molecular complexity index is 418. The predicted octanol–water partition coefficient (Wildman–Crippen LogP) is 2.58. The molecular formula is C17H32N4. The van der Waals surface area contributed by atoms with Crippen LogP contribution in [0.15, 0.2) is 12.3 Å². The molecule has 1 aliphatic rings. The number of likely N-dealkylation sites (N-methyl/N-ethyl adjacent to an activating group) is 1. The van der Waals surface area contributed by atoms with Gasteiger partial charge in [0.05, 0.1) is 0 Å². The van der Waals surface area contributed by atoms with Gasteiger partial charge in [0.1, 0.15) is 0 Å². The van der Waals surface area contributed by atoms with Gasteiger partial charge in [-0.25, -0.2) is 0 Å².